The topological polar surface area (TPSA) is 81.2 Å². The number of benzene rings is 2. The number of piperidine rings is 1. The van der Waals surface area contributed by atoms with Crippen molar-refractivity contribution in [3.63, 3.8) is 0 Å². The van der Waals surface area contributed by atoms with Gasteiger partial charge in [0.2, 0.25) is 5.91 Å². The van der Waals surface area contributed by atoms with Crippen molar-refractivity contribution in [2.45, 2.75) is 39.2 Å². The zero-order valence-electron chi connectivity index (χ0n) is 23.5. The predicted octanol–water partition coefficient (Wildman–Crippen LogP) is 5.22. The van der Waals surface area contributed by atoms with Crippen LogP contribution in [0.2, 0.25) is 0 Å². The van der Waals surface area contributed by atoms with Crippen molar-refractivity contribution in [3.8, 4) is 11.5 Å². The highest BCUT2D eigenvalue weighted by atomic mass is 19.1. The smallest absolute Gasteiger partial charge is 0.315 e. The quantitative estimate of drug-likeness (QED) is 0.320. The lowest BCUT2D eigenvalue weighted by Gasteiger charge is -2.40. The van der Waals surface area contributed by atoms with E-state index < -0.39 is 28.8 Å². The summed E-state index contributed by atoms with van der Waals surface area (Å²) in [7, 11) is 1.56. The zero-order valence-corrected chi connectivity index (χ0v) is 23.5. The van der Waals surface area contributed by atoms with Crippen molar-refractivity contribution in [2.24, 2.45) is 5.41 Å². The number of aromatic nitrogens is 1. The summed E-state index contributed by atoms with van der Waals surface area (Å²) in [6, 6.07) is 10.8. The van der Waals surface area contributed by atoms with Gasteiger partial charge in [-0.1, -0.05) is 12.1 Å². The van der Waals surface area contributed by atoms with Crippen molar-refractivity contribution >= 4 is 23.4 Å². The number of carbonyl (C=O) groups is 2. The molecule has 0 unspecified atom stereocenters. The van der Waals surface area contributed by atoms with Gasteiger partial charge in [-0.25, -0.2) is 18.2 Å². The molecule has 8 nitrogen and oxygen atoms in total. The van der Waals surface area contributed by atoms with Crippen LogP contribution in [0.15, 0.2) is 48.7 Å². The number of halogens is 3. The summed E-state index contributed by atoms with van der Waals surface area (Å²) in [5.74, 6) is -1.65. The molecule has 0 saturated carbocycles. The lowest BCUT2D eigenvalue weighted by atomic mass is 9.79. The van der Waals surface area contributed by atoms with Crippen LogP contribution in [-0.4, -0.2) is 50.3 Å². The number of hydrogen-bond donors (Lipinski definition) is 0. The van der Waals surface area contributed by atoms with Gasteiger partial charge in [0.1, 0.15) is 35.2 Å². The first-order valence-electron chi connectivity index (χ1n) is 13.9. The molecule has 3 heterocycles. The van der Waals surface area contributed by atoms with E-state index in [1.165, 1.54) is 17.0 Å². The van der Waals surface area contributed by atoms with Gasteiger partial charge in [-0.05, 0) is 56.0 Å². The largest absolute Gasteiger partial charge is 0.497 e. The summed E-state index contributed by atoms with van der Waals surface area (Å²) in [6.45, 7) is 2.54. The second-order valence-electron chi connectivity index (χ2n) is 10.4. The van der Waals surface area contributed by atoms with Gasteiger partial charge in [0.25, 0.3) is 0 Å². The summed E-state index contributed by atoms with van der Waals surface area (Å²) in [5, 5.41) is 0. The molecule has 2 aromatic carbocycles. The lowest BCUT2D eigenvalue weighted by Crippen LogP contribution is -2.49. The summed E-state index contributed by atoms with van der Waals surface area (Å²) >= 11 is 0. The molecule has 0 aliphatic carbocycles. The van der Waals surface area contributed by atoms with Crippen molar-refractivity contribution in [3.05, 3.63) is 77.2 Å². The molecule has 0 N–H and O–H groups in total. The van der Waals surface area contributed by atoms with Crippen LogP contribution in [0, 0.1) is 22.9 Å². The molecular formula is C31H32F3N3O5. The molecule has 2 aliphatic heterocycles. The van der Waals surface area contributed by atoms with E-state index >= 15 is 4.39 Å². The number of anilines is 2. The molecule has 42 heavy (non-hydrogen) atoms. The number of esters is 1. The molecular weight excluding hydrogens is 551 g/mol. The van der Waals surface area contributed by atoms with Crippen LogP contribution in [0.5, 0.6) is 11.5 Å². The third-order valence-electron chi connectivity index (χ3n) is 7.87. The maximum atomic E-state index is 15.2. The van der Waals surface area contributed by atoms with Gasteiger partial charge in [-0.15, -0.1) is 0 Å². The third-order valence-corrected chi connectivity index (χ3v) is 7.87. The van der Waals surface area contributed by atoms with Gasteiger partial charge in [0, 0.05) is 31.1 Å². The van der Waals surface area contributed by atoms with Crippen LogP contribution in [0.4, 0.5) is 24.7 Å². The molecule has 11 heteroatoms. The van der Waals surface area contributed by atoms with Crippen molar-refractivity contribution in [1.29, 1.82) is 0 Å². The highest BCUT2D eigenvalue weighted by Gasteiger charge is 2.44. The van der Waals surface area contributed by atoms with E-state index in [1.807, 2.05) is 12.1 Å². The van der Waals surface area contributed by atoms with Crippen LogP contribution in [-0.2, 0) is 27.3 Å². The number of hydrogen-bond acceptors (Lipinski definition) is 7. The van der Waals surface area contributed by atoms with E-state index in [4.69, 9.17) is 14.2 Å². The summed E-state index contributed by atoms with van der Waals surface area (Å²) < 4.78 is 59.8. The minimum atomic E-state index is -1.04. The Kier molecular flexibility index (Phi) is 8.56. The fourth-order valence-electron chi connectivity index (χ4n) is 5.52. The molecule has 1 fully saturated rings. The number of carbonyl (C=O) groups excluding carboxylic acids is 2. The number of ether oxygens (including phenoxy) is 3. The van der Waals surface area contributed by atoms with Gasteiger partial charge in [-0.2, -0.15) is 0 Å². The van der Waals surface area contributed by atoms with E-state index in [0.717, 1.165) is 17.8 Å². The van der Waals surface area contributed by atoms with Gasteiger partial charge in [0.05, 0.1) is 32.1 Å². The molecule has 0 bridgehead atoms. The Morgan fingerprint density at radius 1 is 1.02 bits per heavy atom. The van der Waals surface area contributed by atoms with Crippen LogP contribution >= 0.6 is 0 Å². The van der Waals surface area contributed by atoms with Gasteiger partial charge < -0.3 is 24.0 Å². The van der Waals surface area contributed by atoms with Gasteiger partial charge in [-0.3, -0.25) is 9.59 Å². The Hall–Kier alpha value is -4.28. The fourth-order valence-corrected chi connectivity index (χ4v) is 5.52. The molecule has 222 valence electrons. The van der Waals surface area contributed by atoms with E-state index in [9.17, 15) is 18.4 Å². The molecule has 2 aliphatic rings. The second-order valence-corrected chi connectivity index (χ2v) is 10.4. The highest BCUT2D eigenvalue weighted by Crippen LogP contribution is 2.41. The highest BCUT2D eigenvalue weighted by molar-refractivity contribution is 5.97. The van der Waals surface area contributed by atoms with Gasteiger partial charge >= 0.3 is 5.97 Å². The zero-order chi connectivity index (χ0) is 29.9. The van der Waals surface area contributed by atoms with Crippen molar-refractivity contribution in [1.82, 2.24) is 4.98 Å². The lowest BCUT2D eigenvalue weighted by molar-refractivity contribution is -0.159. The number of amides is 1. The SMILES string of the molecule is CCOC(=O)C1(COc2ccc(F)c3c2CCC(=O)N3Cc2ccc(OC)cc2)CCN(c2ncc(F)cc2F)CC1. The van der Waals surface area contributed by atoms with Crippen molar-refractivity contribution < 1.29 is 37.0 Å². The third kappa shape index (κ3) is 5.86. The van der Waals surface area contributed by atoms with E-state index in [-0.39, 0.29) is 75.9 Å². The Morgan fingerprint density at radius 2 is 1.76 bits per heavy atom. The molecule has 0 spiro atoms. The first-order chi connectivity index (χ1) is 20.2. The first-order valence-corrected chi connectivity index (χ1v) is 13.9. The maximum Gasteiger partial charge on any atom is 0.315 e. The van der Waals surface area contributed by atoms with Crippen LogP contribution in [0.1, 0.15) is 37.3 Å². The summed E-state index contributed by atoms with van der Waals surface area (Å²) in [6.07, 6.45) is 1.97. The predicted molar refractivity (Wildman–Crippen MR) is 149 cm³/mol. The maximum absolute atomic E-state index is 15.2. The van der Waals surface area contributed by atoms with E-state index in [1.54, 1.807) is 31.1 Å². The monoisotopic (exact) mass is 583 g/mol. The number of fused-ring (bicyclic) bond motifs is 1. The Balaban J connectivity index is 1.37. The number of methoxy groups -OCH3 is 1. The average molecular weight is 584 g/mol. The Labute approximate surface area is 242 Å². The molecule has 1 aromatic heterocycles. The Morgan fingerprint density at radius 3 is 2.43 bits per heavy atom. The average Bonchev–Trinajstić information content (AvgIpc) is 2.99. The molecule has 1 amide bonds. The number of pyridine rings is 1. The minimum Gasteiger partial charge on any atom is -0.497 e. The first kappa shape index (κ1) is 29.2. The van der Waals surface area contributed by atoms with E-state index in [0.29, 0.717) is 17.1 Å². The normalized spacial score (nSPS) is 16.2. The molecule has 1 saturated heterocycles. The molecule has 0 atom stereocenters. The van der Waals surface area contributed by atoms with Gasteiger partial charge in [0.15, 0.2) is 11.6 Å². The second kappa shape index (κ2) is 12.3. The van der Waals surface area contributed by atoms with Crippen LogP contribution in [0.25, 0.3) is 0 Å². The molecule has 0 radical (unpaired) electrons. The minimum absolute atomic E-state index is 0.0176. The van der Waals surface area contributed by atoms with Crippen LogP contribution < -0.4 is 19.3 Å². The number of rotatable bonds is 9. The number of nitrogens with zero attached hydrogens (tertiary/aromatic N) is 3. The molecule has 3 aromatic rings. The summed E-state index contributed by atoms with van der Waals surface area (Å²) in [4.78, 5) is 33.1. The van der Waals surface area contributed by atoms with Crippen molar-refractivity contribution in [2.75, 3.05) is 43.2 Å². The molecule has 5 rings (SSSR count). The summed E-state index contributed by atoms with van der Waals surface area (Å²) in [5.41, 5.74) is 0.481. The fraction of sp³-hybridized carbons (Fsp3) is 0.387. The van der Waals surface area contributed by atoms with E-state index in [2.05, 4.69) is 4.98 Å². The van der Waals surface area contributed by atoms with Crippen LogP contribution in [0.3, 0.4) is 0 Å². The Bertz CT molecular complexity index is 1460. The standard InChI is InChI=1S/C31H32F3N3O5/c1-3-41-30(39)31(12-14-36(15-13-31)29-25(34)16-21(32)17-35-29)19-42-26-10-9-24(33)28-23(26)8-11-27(38)37(28)18-20-4-6-22(40-2)7-5-20/h4-7,9-10,16-17H,3,8,11-15,18-19H2,1-2H3.